The Labute approximate surface area is 133 Å². The molecule has 1 N–H and O–H groups in total. The minimum Gasteiger partial charge on any atom is -0.490 e. The third-order valence-electron chi connectivity index (χ3n) is 3.29. The first-order valence-electron chi connectivity index (χ1n) is 7.85. The molecular formula is C19H25NO2. The number of hydrogen-bond donors (Lipinski definition) is 1. The Morgan fingerprint density at radius 1 is 0.955 bits per heavy atom. The number of nitrogens with one attached hydrogen (secondary N) is 1. The molecule has 3 nitrogen and oxygen atoms in total. The van der Waals surface area contributed by atoms with E-state index in [0.29, 0.717) is 19.3 Å². The van der Waals surface area contributed by atoms with Crippen LogP contribution in [-0.4, -0.2) is 12.6 Å². The van der Waals surface area contributed by atoms with Gasteiger partial charge in [0.15, 0.2) is 11.5 Å². The number of benzene rings is 2. The summed E-state index contributed by atoms with van der Waals surface area (Å²) in [6.07, 6.45) is 0. The van der Waals surface area contributed by atoms with Crippen molar-refractivity contribution in [3.8, 4) is 11.5 Å². The van der Waals surface area contributed by atoms with Gasteiger partial charge in [0.1, 0.15) is 6.61 Å². The molecule has 22 heavy (non-hydrogen) atoms. The van der Waals surface area contributed by atoms with Gasteiger partial charge in [-0.1, -0.05) is 56.3 Å². The number of hydrogen-bond acceptors (Lipinski definition) is 3. The van der Waals surface area contributed by atoms with Crippen LogP contribution >= 0.6 is 0 Å². The Hall–Kier alpha value is -2.00. The van der Waals surface area contributed by atoms with Crippen molar-refractivity contribution in [1.82, 2.24) is 5.32 Å². The second-order valence-corrected chi connectivity index (χ2v) is 5.49. The molecule has 0 saturated heterocycles. The van der Waals surface area contributed by atoms with Crippen LogP contribution in [0.1, 0.15) is 31.9 Å². The van der Waals surface area contributed by atoms with Gasteiger partial charge < -0.3 is 14.8 Å². The molecule has 0 spiro atoms. The van der Waals surface area contributed by atoms with Gasteiger partial charge in [0.2, 0.25) is 0 Å². The van der Waals surface area contributed by atoms with Crippen LogP contribution in [0.25, 0.3) is 0 Å². The van der Waals surface area contributed by atoms with Crippen molar-refractivity contribution in [2.45, 2.75) is 40.0 Å². The van der Waals surface area contributed by atoms with E-state index in [1.54, 1.807) is 0 Å². The van der Waals surface area contributed by atoms with E-state index in [1.165, 1.54) is 0 Å². The Bertz CT molecular complexity index is 567. The maximum atomic E-state index is 6.07. The molecule has 118 valence electrons. The number of ether oxygens (including phenoxy) is 2. The second-order valence-electron chi connectivity index (χ2n) is 5.49. The van der Waals surface area contributed by atoms with E-state index in [4.69, 9.17) is 9.47 Å². The van der Waals surface area contributed by atoms with Crippen LogP contribution in [0.3, 0.4) is 0 Å². The van der Waals surface area contributed by atoms with Gasteiger partial charge in [0.25, 0.3) is 0 Å². The van der Waals surface area contributed by atoms with Crippen molar-refractivity contribution in [1.29, 1.82) is 0 Å². The quantitative estimate of drug-likeness (QED) is 0.794. The average molecular weight is 299 g/mol. The van der Waals surface area contributed by atoms with Crippen molar-refractivity contribution in [3.05, 3.63) is 59.7 Å². The molecule has 0 unspecified atom stereocenters. The fraction of sp³-hybridized carbons (Fsp3) is 0.368. The first-order valence-corrected chi connectivity index (χ1v) is 7.85. The summed E-state index contributed by atoms with van der Waals surface area (Å²) in [5, 5.41) is 3.43. The van der Waals surface area contributed by atoms with Gasteiger partial charge in [0, 0.05) is 18.2 Å². The van der Waals surface area contributed by atoms with Crippen LogP contribution < -0.4 is 14.8 Å². The van der Waals surface area contributed by atoms with Crippen molar-refractivity contribution in [2.24, 2.45) is 0 Å². The van der Waals surface area contributed by atoms with Gasteiger partial charge in [-0.3, -0.25) is 0 Å². The van der Waals surface area contributed by atoms with Crippen LogP contribution in [0.15, 0.2) is 48.5 Å². The minimum absolute atomic E-state index is 0.428. The Kier molecular flexibility index (Phi) is 6.28. The number of para-hydroxylation sites is 1. The van der Waals surface area contributed by atoms with Gasteiger partial charge in [0.05, 0.1) is 6.61 Å². The highest BCUT2D eigenvalue weighted by Crippen LogP contribution is 2.32. The first kappa shape index (κ1) is 16.4. The second kappa shape index (κ2) is 8.44. The van der Waals surface area contributed by atoms with E-state index in [0.717, 1.165) is 29.2 Å². The lowest BCUT2D eigenvalue weighted by Gasteiger charge is -2.17. The SMILES string of the molecule is CCOc1cccc(CNC(C)C)c1OCc1ccccc1. The third kappa shape index (κ3) is 4.78. The summed E-state index contributed by atoms with van der Waals surface area (Å²) in [6.45, 7) is 8.19. The normalized spacial score (nSPS) is 10.7. The topological polar surface area (TPSA) is 30.5 Å². The summed E-state index contributed by atoms with van der Waals surface area (Å²) in [5.41, 5.74) is 2.27. The zero-order valence-electron chi connectivity index (χ0n) is 13.6. The van der Waals surface area contributed by atoms with Crippen LogP contribution in [0, 0.1) is 0 Å². The number of rotatable bonds is 8. The van der Waals surface area contributed by atoms with E-state index in [9.17, 15) is 0 Å². The van der Waals surface area contributed by atoms with Crippen molar-refractivity contribution in [2.75, 3.05) is 6.61 Å². The molecule has 0 aromatic heterocycles. The zero-order chi connectivity index (χ0) is 15.8. The van der Waals surface area contributed by atoms with Crippen LogP contribution in [0.2, 0.25) is 0 Å². The summed E-state index contributed by atoms with van der Waals surface area (Å²) in [5.74, 6) is 1.64. The summed E-state index contributed by atoms with van der Waals surface area (Å²) < 4.78 is 11.8. The molecule has 0 heterocycles. The van der Waals surface area contributed by atoms with Gasteiger partial charge in [-0.2, -0.15) is 0 Å². The van der Waals surface area contributed by atoms with Gasteiger partial charge >= 0.3 is 0 Å². The third-order valence-corrected chi connectivity index (χ3v) is 3.29. The molecule has 0 amide bonds. The van der Waals surface area contributed by atoms with Crippen LogP contribution in [-0.2, 0) is 13.2 Å². The van der Waals surface area contributed by atoms with Crippen LogP contribution in [0.5, 0.6) is 11.5 Å². The Balaban J connectivity index is 2.17. The molecule has 0 fully saturated rings. The molecule has 0 aliphatic rings. The molecule has 2 rings (SSSR count). The molecule has 0 aliphatic carbocycles. The molecule has 3 heteroatoms. The van der Waals surface area contributed by atoms with Gasteiger partial charge in [-0.05, 0) is 18.6 Å². The molecule has 0 radical (unpaired) electrons. The molecule has 2 aromatic carbocycles. The molecule has 0 atom stereocenters. The maximum Gasteiger partial charge on any atom is 0.166 e. The molecule has 0 aliphatic heterocycles. The average Bonchev–Trinajstić information content (AvgIpc) is 2.53. The first-order chi connectivity index (χ1) is 10.7. The smallest absolute Gasteiger partial charge is 0.166 e. The molecule has 0 bridgehead atoms. The van der Waals surface area contributed by atoms with Gasteiger partial charge in [-0.25, -0.2) is 0 Å². The van der Waals surface area contributed by atoms with Crippen molar-refractivity contribution < 1.29 is 9.47 Å². The van der Waals surface area contributed by atoms with Crippen molar-refractivity contribution in [3.63, 3.8) is 0 Å². The van der Waals surface area contributed by atoms with E-state index >= 15 is 0 Å². The van der Waals surface area contributed by atoms with Crippen LogP contribution in [0.4, 0.5) is 0 Å². The highest BCUT2D eigenvalue weighted by Gasteiger charge is 2.11. The van der Waals surface area contributed by atoms with E-state index in [2.05, 4.69) is 37.4 Å². The summed E-state index contributed by atoms with van der Waals surface area (Å²) in [7, 11) is 0. The Morgan fingerprint density at radius 3 is 2.41 bits per heavy atom. The highest BCUT2D eigenvalue weighted by molar-refractivity contribution is 5.46. The van der Waals surface area contributed by atoms with Crippen molar-refractivity contribution >= 4 is 0 Å². The molecular weight excluding hydrogens is 274 g/mol. The summed E-state index contributed by atoms with van der Waals surface area (Å²) >= 11 is 0. The highest BCUT2D eigenvalue weighted by atomic mass is 16.5. The summed E-state index contributed by atoms with van der Waals surface area (Å²) in [6, 6.07) is 16.7. The monoisotopic (exact) mass is 299 g/mol. The minimum atomic E-state index is 0.428. The molecule has 2 aromatic rings. The van der Waals surface area contributed by atoms with E-state index < -0.39 is 0 Å². The predicted molar refractivity (Wildman–Crippen MR) is 90.4 cm³/mol. The fourth-order valence-corrected chi connectivity index (χ4v) is 2.18. The lowest BCUT2D eigenvalue weighted by atomic mass is 10.1. The van der Waals surface area contributed by atoms with E-state index in [-0.39, 0.29) is 0 Å². The Morgan fingerprint density at radius 2 is 1.73 bits per heavy atom. The zero-order valence-corrected chi connectivity index (χ0v) is 13.6. The lowest BCUT2D eigenvalue weighted by molar-refractivity contribution is 0.266. The maximum absolute atomic E-state index is 6.07. The van der Waals surface area contributed by atoms with E-state index in [1.807, 2.05) is 37.3 Å². The largest absolute Gasteiger partial charge is 0.490 e. The molecule has 0 saturated carbocycles. The standard InChI is InChI=1S/C19H25NO2/c1-4-21-18-12-8-11-17(13-20-15(2)3)19(18)22-14-16-9-6-5-7-10-16/h5-12,15,20H,4,13-14H2,1-3H3. The van der Waals surface area contributed by atoms with Gasteiger partial charge in [-0.15, -0.1) is 0 Å². The summed E-state index contributed by atoms with van der Waals surface area (Å²) in [4.78, 5) is 0. The fourth-order valence-electron chi connectivity index (χ4n) is 2.18. The predicted octanol–water partition coefficient (Wildman–Crippen LogP) is 4.16. The lowest BCUT2D eigenvalue weighted by Crippen LogP contribution is -2.22.